The fraction of sp³-hybridized carbons (Fsp3) is 0.360. The first-order valence-corrected chi connectivity index (χ1v) is 11.8. The van der Waals surface area contributed by atoms with E-state index in [1.165, 1.54) is 28.0 Å². The van der Waals surface area contributed by atoms with E-state index in [0.29, 0.717) is 17.9 Å². The van der Waals surface area contributed by atoms with Gasteiger partial charge in [0, 0.05) is 36.7 Å². The van der Waals surface area contributed by atoms with Crippen LogP contribution in [0.2, 0.25) is 0 Å². The molecule has 34 heavy (non-hydrogen) atoms. The monoisotopic (exact) mass is 484 g/mol. The summed E-state index contributed by atoms with van der Waals surface area (Å²) < 4.78 is 5.71. The SMILES string of the molecule is Cc1c(-c2nnc(-c3ccc(OC(C)C)c(C#N)c3)s2)ccc2c1CCN(CCC(=O)[O-])C2.[Na+]. The molecule has 0 fully saturated rings. The van der Waals surface area contributed by atoms with E-state index < -0.39 is 5.97 Å². The van der Waals surface area contributed by atoms with Gasteiger partial charge in [-0.15, -0.1) is 10.2 Å². The maximum atomic E-state index is 10.8. The molecule has 0 radical (unpaired) electrons. The van der Waals surface area contributed by atoms with Crippen molar-refractivity contribution in [1.82, 2.24) is 15.1 Å². The van der Waals surface area contributed by atoms with Crippen molar-refractivity contribution in [3.63, 3.8) is 0 Å². The van der Waals surface area contributed by atoms with Crippen LogP contribution in [0.4, 0.5) is 0 Å². The van der Waals surface area contributed by atoms with Gasteiger partial charge in [0.05, 0.1) is 11.7 Å². The molecule has 1 aromatic heterocycles. The number of aromatic nitrogens is 2. The van der Waals surface area contributed by atoms with Crippen LogP contribution >= 0.6 is 11.3 Å². The Bertz CT molecular complexity index is 1240. The topological polar surface area (TPSA) is 102 Å². The normalized spacial score (nSPS) is 13.1. The van der Waals surface area contributed by atoms with E-state index in [1.54, 1.807) is 6.07 Å². The molecule has 2 aromatic carbocycles. The van der Waals surface area contributed by atoms with E-state index in [2.05, 4.69) is 40.2 Å². The standard InChI is InChI=1S/C25H26N4O3S.Na/c1-15(2)32-22-7-5-17(12-19(22)13-26)24-27-28-25(33-24)21-6-4-18-14-29(11-9-23(30)31)10-8-20(18)16(21)3;/h4-7,12,15H,8-11,14H2,1-3H3,(H,30,31);/q;+1/p-1. The van der Waals surface area contributed by atoms with Crippen LogP contribution < -0.4 is 39.4 Å². The number of nitriles is 1. The third kappa shape index (κ3) is 5.85. The molecule has 3 aromatic rings. The van der Waals surface area contributed by atoms with Crippen LogP contribution in [0.25, 0.3) is 21.1 Å². The number of carboxylic acids is 1. The van der Waals surface area contributed by atoms with Crippen molar-refractivity contribution in [1.29, 1.82) is 5.26 Å². The molecule has 0 spiro atoms. The number of rotatable bonds is 7. The average Bonchev–Trinajstić information content (AvgIpc) is 3.27. The Hall–Kier alpha value is -2.28. The number of aliphatic carboxylic acids is 1. The average molecular weight is 485 g/mol. The summed E-state index contributed by atoms with van der Waals surface area (Å²) in [6.45, 7) is 8.04. The zero-order valence-electron chi connectivity index (χ0n) is 19.9. The Morgan fingerprint density at radius 2 is 2.03 bits per heavy atom. The van der Waals surface area contributed by atoms with Gasteiger partial charge < -0.3 is 14.6 Å². The van der Waals surface area contributed by atoms with Crippen LogP contribution in [0, 0.1) is 18.3 Å². The van der Waals surface area contributed by atoms with Gasteiger partial charge in [0.25, 0.3) is 0 Å². The van der Waals surface area contributed by atoms with Gasteiger partial charge in [-0.2, -0.15) is 5.26 Å². The Morgan fingerprint density at radius 1 is 1.26 bits per heavy atom. The summed E-state index contributed by atoms with van der Waals surface area (Å²) in [6.07, 6.45) is 0.915. The molecule has 0 saturated carbocycles. The van der Waals surface area contributed by atoms with E-state index in [9.17, 15) is 15.2 Å². The zero-order valence-corrected chi connectivity index (χ0v) is 22.7. The third-order valence-corrected chi connectivity index (χ3v) is 6.77. The molecule has 0 bridgehead atoms. The second kappa shape index (κ2) is 11.4. The van der Waals surface area contributed by atoms with Crippen LogP contribution in [0.5, 0.6) is 5.75 Å². The first-order chi connectivity index (χ1) is 15.9. The molecule has 0 N–H and O–H groups in total. The molecule has 0 unspecified atom stereocenters. The smallest absolute Gasteiger partial charge is 0.550 e. The summed E-state index contributed by atoms with van der Waals surface area (Å²) in [6, 6.07) is 11.9. The Balaban J connectivity index is 0.00000324. The van der Waals surface area contributed by atoms with Crippen molar-refractivity contribution in [2.24, 2.45) is 0 Å². The Labute approximate surface area is 225 Å². The number of carbonyl (C=O) groups excluding carboxylic acids is 1. The fourth-order valence-electron chi connectivity index (χ4n) is 4.13. The van der Waals surface area contributed by atoms with Crippen LogP contribution in [0.3, 0.4) is 0 Å². The molecular formula is C25H25N4NaO3S. The quantitative estimate of drug-likeness (QED) is 0.446. The van der Waals surface area contributed by atoms with Crippen molar-refractivity contribution in [3.05, 3.63) is 52.6 Å². The van der Waals surface area contributed by atoms with Gasteiger partial charge in [-0.25, -0.2) is 0 Å². The number of fused-ring (bicyclic) bond motifs is 1. The predicted octanol–water partition coefficient (Wildman–Crippen LogP) is 0.342. The molecule has 4 rings (SSSR count). The van der Waals surface area contributed by atoms with E-state index in [-0.39, 0.29) is 42.1 Å². The number of hydrogen-bond acceptors (Lipinski definition) is 8. The van der Waals surface area contributed by atoms with Crippen molar-refractivity contribution in [2.75, 3.05) is 13.1 Å². The molecule has 1 aliphatic rings. The molecule has 7 nitrogen and oxygen atoms in total. The molecule has 0 atom stereocenters. The second-order valence-corrected chi connectivity index (χ2v) is 9.40. The third-order valence-electron chi connectivity index (χ3n) is 5.76. The maximum absolute atomic E-state index is 10.8. The molecule has 0 aliphatic carbocycles. The number of nitrogens with zero attached hydrogens (tertiary/aromatic N) is 4. The summed E-state index contributed by atoms with van der Waals surface area (Å²) in [5.74, 6) is -0.441. The van der Waals surface area contributed by atoms with Crippen LogP contribution in [-0.4, -0.2) is 40.3 Å². The van der Waals surface area contributed by atoms with Gasteiger partial charge in [-0.3, -0.25) is 4.90 Å². The van der Waals surface area contributed by atoms with Crippen molar-refractivity contribution in [3.8, 4) is 33.0 Å². The van der Waals surface area contributed by atoms with Crippen LogP contribution in [-0.2, 0) is 17.8 Å². The van der Waals surface area contributed by atoms with Crippen molar-refractivity contribution in [2.45, 2.75) is 46.3 Å². The minimum absolute atomic E-state index is 0. The second-order valence-electron chi connectivity index (χ2n) is 8.43. The largest absolute Gasteiger partial charge is 1.00 e. The van der Waals surface area contributed by atoms with Gasteiger partial charge >= 0.3 is 29.6 Å². The number of benzene rings is 2. The molecule has 9 heteroatoms. The van der Waals surface area contributed by atoms with Crippen LogP contribution in [0.1, 0.15) is 42.5 Å². The van der Waals surface area contributed by atoms with Gasteiger partial charge in [0.1, 0.15) is 21.8 Å². The molecule has 2 heterocycles. The maximum Gasteiger partial charge on any atom is 1.00 e. The predicted molar refractivity (Wildman–Crippen MR) is 125 cm³/mol. The first kappa shape index (κ1) is 26.3. The summed E-state index contributed by atoms with van der Waals surface area (Å²) >= 11 is 1.50. The first-order valence-electron chi connectivity index (χ1n) is 10.9. The summed E-state index contributed by atoms with van der Waals surface area (Å²) in [4.78, 5) is 12.9. The van der Waals surface area contributed by atoms with Gasteiger partial charge in [0.15, 0.2) is 0 Å². The number of hydrogen-bond donors (Lipinski definition) is 0. The molecule has 0 amide bonds. The molecule has 170 valence electrons. The Morgan fingerprint density at radius 3 is 2.74 bits per heavy atom. The number of ether oxygens (including phenoxy) is 1. The number of carbonyl (C=O) groups is 1. The minimum Gasteiger partial charge on any atom is -0.550 e. The number of carboxylic acid groups (broad SMARTS) is 1. The minimum atomic E-state index is -1.01. The van der Waals surface area contributed by atoms with E-state index >= 15 is 0 Å². The molecule has 1 aliphatic heterocycles. The van der Waals surface area contributed by atoms with E-state index in [4.69, 9.17) is 4.74 Å². The Kier molecular flexibility index (Phi) is 8.85. The molecular weight excluding hydrogens is 459 g/mol. The fourth-order valence-corrected chi connectivity index (χ4v) is 5.05. The summed E-state index contributed by atoms with van der Waals surface area (Å²) in [7, 11) is 0. The van der Waals surface area contributed by atoms with Gasteiger partial charge in [0.2, 0.25) is 0 Å². The van der Waals surface area contributed by atoms with Gasteiger partial charge in [-0.1, -0.05) is 23.5 Å². The molecule has 0 saturated heterocycles. The van der Waals surface area contributed by atoms with Crippen molar-refractivity contribution >= 4 is 17.3 Å². The zero-order chi connectivity index (χ0) is 23.5. The van der Waals surface area contributed by atoms with Crippen LogP contribution in [0.15, 0.2) is 30.3 Å². The summed E-state index contributed by atoms with van der Waals surface area (Å²) in [5.41, 5.74) is 6.09. The van der Waals surface area contributed by atoms with E-state index in [1.807, 2.05) is 26.0 Å². The van der Waals surface area contributed by atoms with E-state index in [0.717, 1.165) is 40.7 Å². The van der Waals surface area contributed by atoms with Crippen molar-refractivity contribution < 1.29 is 44.2 Å². The summed E-state index contributed by atoms with van der Waals surface area (Å²) in [5, 5.41) is 30.7. The van der Waals surface area contributed by atoms with Gasteiger partial charge in [-0.05, 0) is 68.5 Å².